The van der Waals surface area contributed by atoms with Crippen LogP contribution in [0.5, 0.6) is 0 Å². The molecule has 0 atom stereocenters. The van der Waals surface area contributed by atoms with E-state index in [0.29, 0.717) is 12.3 Å². The van der Waals surface area contributed by atoms with Crippen LogP contribution in [0.4, 0.5) is 4.39 Å². The van der Waals surface area contributed by atoms with E-state index in [1.807, 2.05) is 12.1 Å². The zero-order valence-electron chi connectivity index (χ0n) is 17.3. The fourth-order valence-electron chi connectivity index (χ4n) is 5.24. The molecule has 0 aromatic heterocycles. The molecule has 2 heteroatoms. The fraction of sp³-hybridized carbons (Fsp3) is 0.654. The Morgan fingerprint density at radius 3 is 2.07 bits per heavy atom. The Morgan fingerprint density at radius 2 is 1.50 bits per heavy atom. The molecule has 1 aromatic carbocycles. The normalized spacial score (nSPS) is 28.3. The summed E-state index contributed by atoms with van der Waals surface area (Å²) < 4.78 is 12.1. The van der Waals surface area contributed by atoms with Crippen molar-refractivity contribution in [2.75, 3.05) is 6.67 Å². The molecule has 2 aliphatic rings. The van der Waals surface area contributed by atoms with Gasteiger partial charge in [-0.2, -0.15) is 5.26 Å². The van der Waals surface area contributed by atoms with E-state index in [-0.39, 0.29) is 6.67 Å². The van der Waals surface area contributed by atoms with E-state index < -0.39 is 0 Å². The first-order valence-electron chi connectivity index (χ1n) is 11.5. The minimum Gasteiger partial charge on any atom is -0.251 e. The van der Waals surface area contributed by atoms with Crippen molar-refractivity contribution in [1.29, 1.82) is 5.26 Å². The van der Waals surface area contributed by atoms with E-state index in [1.54, 1.807) is 0 Å². The van der Waals surface area contributed by atoms with Crippen LogP contribution in [0.1, 0.15) is 94.1 Å². The molecule has 2 fully saturated rings. The molecule has 0 spiro atoms. The predicted molar refractivity (Wildman–Crippen MR) is 115 cm³/mol. The van der Waals surface area contributed by atoms with Crippen molar-refractivity contribution in [2.24, 2.45) is 17.8 Å². The second-order valence-corrected chi connectivity index (χ2v) is 9.07. The van der Waals surface area contributed by atoms with Crippen LogP contribution in [0.15, 0.2) is 36.4 Å². The second kappa shape index (κ2) is 11.4. The lowest BCUT2D eigenvalue weighted by Crippen LogP contribution is -2.17. The van der Waals surface area contributed by atoms with Crippen LogP contribution in [0.3, 0.4) is 0 Å². The Morgan fingerprint density at radius 1 is 0.893 bits per heavy atom. The van der Waals surface area contributed by atoms with Gasteiger partial charge in [0.05, 0.1) is 18.3 Å². The maximum atomic E-state index is 12.1. The molecule has 1 aromatic rings. The van der Waals surface area contributed by atoms with E-state index in [2.05, 4.69) is 30.4 Å². The highest BCUT2D eigenvalue weighted by atomic mass is 19.1. The Labute approximate surface area is 171 Å². The van der Waals surface area contributed by atoms with E-state index in [4.69, 9.17) is 5.26 Å². The van der Waals surface area contributed by atoms with Gasteiger partial charge in [-0.15, -0.1) is 0 Å². The molecular weight excluding hydrogens is 345 g/mol. The monoisotopic (exact) mass is 381 g/mol. The first-order chi connectivity index (χ1) is 13.8. The number of nitriles is 1. The van der Waals surface area contributed by atoms with Crippen molar-refractivity contribution in [3.63, 3.8) is 0 Å². The summed E-state index contributed by atoms with van der Waals surface area (Å²) >= 11 is 0. The van der Waals surface area contributed by atoms with Crippen LogP contribution < -0.4 is 0 Å². The van der Waals surface area contributed by atoms with Crippen LogP contribution in [0, 0.1) is 29.1 Å². The summed E-state index contributed by atoms with van der Waals surface area (Å²) in [6.07, 6.45) is 19.8. The maximum Gasteiger partial charge on any atom is 0.0991 e. The van der Waals surface area contributed by atoms with Gasteiger partial charge in [0.15, 0.2) is 0 Å². The lowest BCUT2D eigenvalue weighted by molar-refractivity contribution is 0.246. The number of hydrogen-bond donors (Lipinski definition) is 0. The number of rotatable bonds is 8. The molecule has 0 unspecified atom stereocenters. The Hall–Kier alpha value is -1.62. The standard InChI is InChI=1S/C26H36FN/c27-19-3-1-2-4-21-5-7-22(8-6-21)9-10-23-11-15-25(16-12-23)26-17-13-24(20-28)14-18-26/h2,4,13-14,17-18,21-23,25H,1,3,5-12,15-16,19H2/b4-2+/t21-,22-,23?,25?. The van der Waals surface area contributed by atoms with Gasteiger partial charge in [-0.05, 0) is 106 Å². The third-order valence-electron chi connectivity index (χ3n) is 7.15. The SMILES string of the molecule is N#Cc1ccc(C2CCC(CC[C@H]3CC[C@H](/C=C/CCCF)CC3)CC2)cc1. The van der Waals surface area contributed by atoms with Crippen molar-refractivity contribution in [3.8, 4) is 6.07 Å². The molecule has 0 bridgehead atoms. The van der Waals surface area contributed by atoms with Crippen molar-refractivity contribution >= 4 is 0 Å². The highest BCUT2D eigenvalue weighted by Crippen LogP contribution is 2.39. The van der Waals surface area contributed by atoms with Gasteiger partial charge in [-0.3, -0.25) is 4.39 Å². The van der Waals surface area contributed by atoms with Gasteiger partial charge in [0.2, 0.25) is 0 Å². The summed E-state index contributed by atoms with van der Waals surface area (Å²) in [6, 6.07) is 10.5. The summed E-state index contributed by atoms with van der Waals surface area (Å²) in [5.74, 6) is 3.31. The summed E-state index contributed by atoms with van der Waals surface area (Å²) in [5, 5.41) is 8.95. The lowest BCUT2D eigenvalue weighted by atomic mass is 9.74. The largest absolute Gasteiger partial charge is 0.251 e. The van der Waals surface area contributed by atoms with Crippen LogP contribution in [-0.2, 0) is 0 Å². The fourth-order valence-corrected chi connectivity index (χ4v) is 5.24. The van der Waals surface area contributed by atoms with Crippen molar-refractivity contribution < 1.29 is 4.39 Å². The number of nitrogens with zero attached hydrogens (tertiary/aromatic N) is 1. The summed E-state index contributed by atoms with van der Waals surface area (Å²) in [5.41, 5.74) is 2.19. The minimum atomic E-state index is -0.188. The summed E-state index contributed by atoms with van der Waals surface area (Å²) in [7, 11) is 0. The average Bonchev–Trinajstić information content (AvgIpc) is 2.76. The van der Waals surface area contributed by atoms with Crippen LogP contribution in [0.25, 0.3) is 0 Å². The number of hydrogen-bond acceptors (Lipinski definition) is 1. The first-order valence-corrected chi connectivity index (χ1v) is 11.5. The highest BCUT2D eigenvalue weighted by molar-refractivity contribution is 5.33. The van der Waals surface area contributed by atoms with Crippen molar-refractivity contribution in [3.05, 3.63) is 47.5 Å². The predicted octanol–water partition coefficient (Wildman–Crippen LogP) is 7.72. The molecular formula is C26H36FN. The summed E-state index contributed by atoms with van der Waals surface area (Å²) in [4.78, 5) is 0. The maximum absolute atomic E-state index is 12.1. The highest BCUT2D eigenvalue weighted by Gasteiger charge is 2.24. The van der Waals surface area contributed by atoms with Gasteiger partial charge < -0.3 is 0 Å². The van der Waals surface area contributed by atoms with E-state index in [1.165, 1.54) is 69.8 Å². The molecule has 28 heavy (non-hydrogen) atoms. The molecule has 0 heterocycles. The Kier molecular flexibility index (Phi) is 8.59. The Bertz CT molecular complexity index is 625. The van der Waals surface area contributed by atoms with E-state index in [9.17, 15) is 4.39 Å². The number of halogens is 1. The van der Waals surface area contributed by atoms with Gasteiger partial charge in [0.1, 0.15) is 0 Å². The van der Waals surface area contributed by atoms with E-state index in [0.717, 1.165) is 29.7 Å². The zero-order chi connectivity index (χ0) is 19.6. The van der Waals surface area contributed by atoms with Gasteiger partial charge in [0, 0.05) is 0 Å². The molecule has 1 nitrogen and oxygen atoms in total. The molecule has 0 saturated heterocycles. The number of alkyl halides is 1. The van der Waals surface area contributed by atoms with Crippen molar-refractivity contribution in [1.82, 2.24) is 0 Å². The molecule has 0 aliphatic heterocycles. The minimum absolute atomic E-state index is 0.188. The third kappa shape index (κ3) is 6.47. The third-order valence-corrected chi connectivity index (χ3v) is 7.15. The van der Waals surface area contributed by atoms with Crippen LogP contribution in [0.2, 0.25) is 0 Å². The van der Waals surface area contributed by atoms with Gasteiger partial charge in [-0.25, -0.2) is 0 Å². The van der Waals surface area contributed by atoms with Gasteiger partial charge >= 0.3 is 0 Å². The lowest BCUT2D eigenvalue weighted by Gasteiger charge is -2.31. The van der Waals surface area contributed by atoms with Crippen LogP contribution >= 0.6 is 0 Å². The molecule has 3 rings (SSSR count). The molecule has 2 aliphatic carbocycles. The Balaban J connectivity index is 1.31. The number of allylic oxidation sites excluding steroid dienone is 2. The zero-order valence-corrected chi connectivity index (χ0v) is 17.3. The quantitative estimate of drug-likeness (QED) is 0.334. The second-order valence-electron chi connectivity index (χ2n) is 9.07. The molecule has 0 radical (unpaired) electrons. The topological polar surface area (TPSA) is 23.8 Å². The number of benzene rings is 1. The summed E-state index contributed by atoms with van der Waals surface area (Å²) in [6.45, 7) is -0.188. The molecule has 0 amide bonds. The number of unbranched alkanes of at least 4 members (excludes halogenated alkanes) is 1. The average molecular weight is 382 g/mol. The smallest absolute Gasteiger partial charge is 0.0991 e. The molecule has 0 N–H and O–H groups in total. The van der Waals surface area contributed by atoms with Crippen molar-refractivity contribution in [2.45, 2.75) is 83.0 Å². The van der Waals surface area contributed by atoms with Gasteiger partial charge in [-0.1, -0.05) is 37.1 Å². The molecule has 2 saturated carbocycles. The molecule has 152 valence electrons. The first kappa shape index (κ1) is 21.1. The van der Waals surface area contributed by atoms with Gasteiger partial charge in [0.25, 0.3) is 0 Å². The van der Waals surface area contributed by atoms with Crippen LogP contribution in [-0.4, -0.2) is 6.67 Å². The van der Waals surface area contributed by atoms with E-state index >= 15 is 0 Å².